The van der Waals surface area contributed by atoms with Crippen LogP contribution in [-0.2, 0) is 16.0 Å². The molecule has 1 amide bonds. The molecule has 10 heteroatoms. The predicted molar refractivity (Wildman–Crippen MR) is 177 cm³/mol. The van der Waals surface area contributed by atoms with Crippen LogP contribution in [0.2, 0.25) is 0 Å². The Morgan fingerprint density at radius 3 is 2.32 bits per heavy atom. The van der Waals surface area contributed by atoms with Crippen molar-refractivity contribution in [2.45, 2.75) is 58.1 Å². The van der Waals surface area contributed by atoms with E-state index >= 15 is 0 Å². The van der Waals surface area contributed by atoms with Crippen LogP contribution in [-0.4, -0.2) is 53.8 Å². The first-order valence-electron chi connectivity index (χ1n) is 15.7. The summed E-state index contributed by atoms with van der Waals surface area (Å²) in [5, 5.41) is 12.1. The molecule has 3 aromatic carbocycles. The molecule has 0 bridgehead atoms. The number of aromatic nitrogens is 1. The largest absolute Gasteiger partial charge is 0.493 e. The first kappa shape index (κ1) is 33.1. The number of fused-ring (bicyclic) bond motifs is 1. The molecular formula is C37H40N2O8. The molecule has 1 aromatic heterocycles. The second kappa shape index (κ2) is 15.4. The van der Waals surface area contributed by atoms with Crippen LogP contribution in [0.5, 0.6) is 23.1 Å². The third-order valence-corrected chi connectivity index (χ3v) is 7.26. The molecule has 0 unspecified atom stereocenters. The summed E-state index contributed by atoms with van der Waals surface area (Å²) in [6.45, 7) is 6.31. The average Bonchev–Trinajstić information content (AvgIpc) is 3.52. The predicted octanol–water partition coefficient (Wildman–Crippen LogP) is 7.29. The second-order valence-corrected chi connectivity index (χ2v) is 12.1. The van der Waals surface area contributed by atoms with Gasteiger partial charge < -0.3 is 34.1 Å². The molecule has 0 saturated carbocycles. The number of nitrogens with one attached hydrogen (secondary N) is 1. The van der Waals surface area contributed by atoms with Crippen molar-refractivity contribution in [3.8, 4) is 45.5 Å². The van der Waals surface area contributed by atoms with Gasteiger partial charge in [0.2, 0.25) is 12.7 Å². The van der Waals surface area contributed by atoms with Gasteiger partial charge in [0, 0.05) is 18.1 Å². The lowest BCUT2D eigenvalue weighted by Gasteiger charge is -2.22. The maximum absolute atomic E-state index is 12.2. The van der Waals surface area contributed by atoms with Gasteiger partial charge in [-0.1, -0.05) is 54.6 Å². The summed E-state index contributed by atoms with van der Waals surface area (Å²) in [6.07, 6.45) is 1.70. The number of amides is 1. The molecule has 2 heterocycles. The highest BCUT2D eigenvalue weighted by molar-refractivity contribution is 5.80. The van der Waals surface area contributed by atoms with Crippen LogP contribution < -0.4 is 24.3 Å². The monoisotopic (exact) mass is 640 g/mol. The van der Waals surface area contributed by atoms with Gasteiger partial charge in [-0.3, -0.25) is 0 Å². The zero-order valence-electron chi connectivity index (χ0n) is 26.9. The van der Waals surface area contributed by atoms with Crippen molar-refractivity contribution in [1.29, 1.82) is 0 Å². The zero-order chi connectivity index (χ0) is 33.2. The number of ether oxygens (including phenoxy) is 5. The fourth-order valence-corrected chi connectivity index (χ4v) is 5.00. The molecule has 1 atom stereocenters. The topological polar surface area (TPSA) is 125 Å². The van der Waals surface area contributed by atoms with E-state index in [0.717, 1.165) is 47.4 Å². The first-order valence-corrected chi connectivity index (χ1v) is 15.7. The SMILES string of the molecule is CC(C)(C)OC(=O)N[C@@H](Cc1ccccc1OCCCCCOc1cc(-c2ccc3c(c2)OCO3)cc(-c2ccccc2)n1)C(=O)O. The van der Waals surface area contributed by atoms with Crippen molar-refractivity contribution < 1.29 is 38.4 Å². The number of benzene rings is 3. The van der Waals surface area contributed by atoms with E-state index in [1.807, 2.05) is 72.8 Å². The van der Waals surface area contributed by atoms with Crippen molar-refractivity contribution in [3.63, 3.8) is 0 Å². The molecule has 0 fully saturated rings. The smallest absolute Gasteiger partial charge is 0.408 e. The van der Waals surface area contributed by atoms with Gasteiger partial charge in [0.15, 0.2) is 11.5 Å². The van der Waals surface area contributed by atoms with Gasteiger partial charge in [-0.25, -0.2) is 14.6 Å². The lowest BCUT2D eigenvalue weighted by molar-refractivity contribution is -0.139. The summed E-state index contributed by atoms with van der Waals surface area (Å²) in [5.74, 6) is 1.41. The number of carboxylic acid groups (broad SMARTS) is 1. The molecule has 0 aliphatic carbocycles. The third-order valence-electron chi connectivity index (χ3n) is 7.26. The van der Waals surface area contributed by atoms with E-state index in [9.17, 15) is 14.7 Å². The Morgan fingerprint density at radius 1 is 0.830 bits per heavy atom. The van der Waals surface area contributed by atoms with E-state index in [1.54, 1.807) is 32.9 Å². The number of carbonyl (C=O) groups excluding carboxylic acids is 1. The molecule has 47 heavy (non-hydrogen) atoms. The van der Waals surface area contributed by atoms with Crippen molar-refractivity contribution in [2.24, 2.45) is 0 Å². The van der Waals surface area contributed by atoms with Crippen LogP contribution >= 0.6 is 0 Å². The number of alkyl carbamates (subject to hydrolysis) is 1. The molecule has 5 rings (SSSR count). The Labute approximate surface area is 274 Å². The number of carbonyl (C=O) groups is 2. The molecule has 4 aromatic rings. The Kier molecular flexibility index (Phi) is 10.8. The molecular weight excluding hydrogens is 600 g/mol. The number of para-hydroxylation sites is 1. The molecule has 0 spiro atoms. The second-order valence-electron chi connectivity index (χ2n) is 12.1. The van der Waals surface area contributed by atoms with Gasteiger partial charge >= 0.3 is 12.1 Å². The van der Waals surface area contributed by atoms with E-state index in [1.165, 1.54) is 0 Å². The quantitative estimate of drug-likeness (QED) is 0.137. The van der Waals surface area contributed by atoms with Crippen LogP contribution in [0.1, 0.15) is 45.6 Å². The first-order chi connectivity index (χ1) is 22.6. The number of rotatable bonds is 14. The summed E-state index contributed by atoms with van der Waals surface area (Å²) >= 11 is 0. The van der Waals surface area contributed by atoms with E-state index in [-0.39, 0.29) is 13.2 Å². The Balaban J connectivity index is 1.13. The van der Waals surface area contributed by atoms with Gasteiger partial charge in [-0.2, -0.15) is 0 Å². The van der Waals surface area contributed by atoms with Crippen molar-refractivity contribution in [3.05, 3.63) is 90.5 Å². The molecule has 1 aliphatic heterocycles. The summed E-state index contributed by atoms with van der Waals surface area (Å²) in [5.41, 5.74) is 3.69. The van der Waals surface area contributed by atoms with Gasteiger partial charge in [0.1, 0.15) is 17.4 Å². The number of pyridine rings is 1. The zero-order valence-corrected chi connectivity index (χ0v) is 26.9. The summed E-state index contributed by atoms with van der Waals surface area (Å²) in [4.78, 5) is 28.8. The van der Waals surface area contributed by atoms with Crippen molar-refractivity contribution in [1.82, 2.24) is 10.3 Å². The van der Waals surface area contributed by atoms with E-state index in [0.29, 0.717) is 36.2 Å². The number of hydrogen-bond donors (Lipinski definition) is 2. The number of aliphatic carboxylic acids is 1. The molecule has 1 aliphatic rings. The maximum Gasteiger partial charge on any atom is 0.408 e. The Bertz CT molecular complexity index is 1670. The van der Waals surface area contributed by atoms with Crippen LogP contribution in [0.15, 0.2) is 84.9 Å². The van der Waals surface area contributed by atoms with Gasteiger partial charge in [0.25, 0.3) is 0 Å². The standard InChI is InChI=1S/C37H40N2O8/c1-37(2,3)47-36(42)39-30(35(40)41)20-27-14-8-9-15-31(27)43-18-10-5-11-19-44-34-23-28(21-29(38-34)25-12-6-4-7-13-25)26-16-17-32-33(22-26)46-24-45-32/h4,6-9,12-17,21-23,30H,5,10-11,18-20,24H2,1-3H3,(H,39,42)(H,40,41)/t30-/m0/s1. The highest BCUT2D eigenvalue weighted by Crippen LogP contribution is 2.37. The van der Waals surface area contributed by atoms with Crippen LogP contribution in [0.3, 0.4) is 0 Å². The van der Waals surface area contributed by atoms with Crippen LogP contribution in [0, 0.1) is 0 Å². The van der Waals surface area contributed by atoms with Crippen molar-refractivity contribution >= 4 is 12.1 Å². The molecule has 2 N–H and O–H groups in total. The average molecular weight is 641 g/mol. The fraction of sp³-hybridized carbons (Fsp3) is 0.324. The molecule has 0 radical (unpaired) electrons. The van der Waals surface area contributed by atoms with E-state index in [4.69, 9.17) is 28.7 Å². The summed E-state index contributed by atoms with van der Waals surface area (Å²) in [6, 6.07) is 25.9. The van der Waals surface area contributed by atoms with Crippen LogP contribution in [0.25, 0.3) is 22.4 Å². The Hall–Kier alpha value is -5.25. The van der Waals surface area contributed by atoms with Gasteiger partial charge in [-0.15, -0.1) is 0 Å². The Morgan fingerprint density at radius 2 is 1.55 bits per heavy atom. The number of carboxylic acids is 1. The molecule has 10 nitrogen and oxygen atoms in total. The minimum atomic E-state index is -1.16. The lowest BCUT2D eigenvalue weighted by Crippen LogP contribution is -2.44. The molecule has 246 valence electrons. The lowest BCUT2D eigenvalue weighted by atomic mass is 10.0. The summed E-state index contributed by atoms with van der Waals surface area (Å²) < 4.78 is 28.4. The van der Waals surface area contributed by atoms with E-state index < -0.39 is 23.7 Å². The maximum atomic E-state index is 12.2. The molecule has 0 saturated heterocycles. The van der Waals surface area contributed by atoms with Gasteiger partial charge in [-0.05, 0) is 81.0 Å². The van der Waals surface area contributed by atoms with Gasteiger partial charge in [0.05, 0.1) is 18.9 Å². The highest BCUT2D eigenvalue weighted by atomic mass is 16.7. The summed E-state index contributed by atoms with van der Waals surface area (Å²) in [7, 11) is 0. The van der Waals surface area contributed by atoms with Crippen molar-refractivity contribution in [2.75, 3.05) is 20.0 Å². The minimum absolute atomic E-state index is 0.0574. The highest BCUT2D eigenvalue weighted by Gasteiger charge is 2.25. The van der Waals surface area contributed by atoms with Crippen LogP contribution in [0.4, 0.5) is 4.79 Å². The number of hydrogen-bond acceptors (Lipinski definition) is 8. The number of unbranched alkanes of at least 4 members (excludes halogenated alkanes) is 2. The minimum Gasteiger partial charge on any atom is -0.493 e. The number of nitrogens with zero attached hydrogens (tertiary/aromatic N) is 1. The fourth-order valence-electron chi connectivity index (χ4n) is 5.00. The van der Waals surface area contributed by atoms with E-state index in [2.05, 4.69) is 5.32 Å². The normalized spacial score (nSPS) is 12.7. The third kappa shape index (κ3) is 9.62.